The molecule has 88 valence electrons. The summed E-state index contributed by atoms with van der Waals surface area (Å²) in [6.45, 7) is 1.47. The van der Waals surface area contributed by atoms with E-state index in [4.69, 9.17) is 11.6 Å². The van der Waals surface area contributed by atoms with Gasteiger partial charge in [-0.25, -0.2) is 4.98 Å². The first-order chi connectivity index (χ1) is 8.15. The molecular weight excluding hydrogens is 256 g/mol. The summed E-state index contributed by atoms with van der Waals surface area (Å²) in [5.41, 5.74) is 1.06. The van der Waals surface area contributed by atoms with E-state index in [9.17, 15) is 4.79 Å². The molecule has 2 aromatic rings. The number of carbonyl (C=O) groups is 1. The molecule has 17 heavy (non-hydrogen) atoms. The Balaban J connectivity index is 2.12. The van der Waals surface area contributed by atoms with E-state index in [1.54, 1.807) is 6.20 Å². The molecule has 1 amide bonds. The van der Waals surface area contributed by atoms with Crippen LogP contribution in [-0.4, -0.2) is 10.9 Å². The lowest BCUT2D eigenvalue weighted by Gasteiger charge is -2.00. The molecule has 1 aromatic heterocycles. The summed E-state index contributed by atoms with van der Waals surface area (Å²) < 4.78 is 0. The van der Waals surface area contributed by atoms with Gasteiger partial charge in [0.2, 0.25) is 5.91 Å². The number of nitrogens with one attached hydrogen (secondary N) is 1. The van der Waals surface area contributed by atoms with Crippen molar-refractivity contribution in [3.8, 4) is 0 Å². The fourth-order valence-electron chi connectivity index (χ4n) is 1.43. The van der Waals surface area contributed by atoms with Crippen molar-refractivity contribution < 1.29 is 4.79 Å². The van der Waals surface area contributed by atoms with Gasteiger partial charge >= 0.3 is 0 Å². The Kier molecular flexibility index (Phi) is 3.76. The second kappa shape index (κ2) is 5.29. The zero-order valence-electron chi connectivity index (χ0n) is 9.24. The third-order valence-electron chi connectivity index (χ3n) is 2.16. The zero-order chi connectivity index (χ0) is 12.3. The lowest BCUT2D eigenvalue weighted by Crippen LogP contribution is -2.04. The number of nitrogens with zero attached hydrogens (tertiary/aromatic N) is 1. The summed E-state index contributed by atoms with van der Waals surface area (Å²) >= 11 is 7.54. The molecule has 3 nitrogen and oxygen atoms in total. The number of rotatable bonds is 3. The van der Waals surface area contributed by atoms with Crippen molar-refractivity contribution in [1.29, 1.82) is 0 Å². The van der Waals surface area contributed by atoms with Gasteiger partial charge in [-0.05, 0) is 11.6 Å². The summed E-state index contributed by atoms with van der Waals surface area (Å²) in [6.07, 6.45) is 2.50. The summed E-state index contributed by atoms with van der Waals surface area (Å²) in [7, 11) is 0. The topological polar surface area (TPSA) is 42.0 Å². The molecule has 0 aliphatic heterocycles. The Labute approximate surface area is 108 Å². The highest BCUT2D eigenvalue weighted by atomic mass is 35.5. The van der Waals surface area contributed by atoms with Crippen LogP contribution in [0.25, 0.3) is 0 Å². The quantitative estimate of drug-likeness (QED) is 0.926. The van der Waals surface area contributed by atoms with E-state index in [0.29, 0.717) is 5.13 Å². The predicted molar refractivity (Wildman–Crippen MR) is 70.7 cm³/mol. The number of anilines is 1. The molecule has 0 saturated carbocycles. The molecule has 2 rings (SSSR count). The van der Waals surface area contributed by atoms with Crippen molar-refractivity contribution in [1.82, 2.24) is 4.98 Å². The van der Waals surface area contributed by atoms with Crippen LogP contribution in [0.2, 0.25) is 5.02 Å². The van der Waals surface area contributed by atoms with Gasteiger partial charge < -0.3 is 5.32 Å². The second-order valence-electron chi connectivity index (χ2n) is 3.58. The highest BCUT2D eigenvalue weighted by Gasteiger charge is 2.06. The molecule has 1 heterocycles. The molecular formula is C12H11ClN2OS. The average Bonchev–Trinajstić information content (AvgIpc) is 2.68. The third-order valence-corrected chi connectivity index (χ3v) is 3.44. The minimum absolute atomic E-state index is 0.108. The normalized spacial score (nSPS) is 10.2. The molecule has 1 N–H and O–H groups in total. The number of halogens is 1. The first-order valence-electron chi connectivity index (χ1n) is 5.11. The van der Waals surface area contributed by atoms with Gasteiger partial charge in [-0.15, -0.1) is 11.3 Å². The predicted octanol–water partition coefficient (Wildman–Crippen LogP) is 3.35. The summed E-state index contributed by atoms with van der Waals surface area (Å²) in [4.78, 5) is 16.1. The van der Waals surface area contributed by atoms with E-state index < -0.39 is 0 Å². The van der Waals surface area contributed by atoms with Gasteiger partial charge in [0.25, 0.3) is 0 Å². The smallest absolute Gasteiger partial charge is 0.223 e. The fraction of sp³-hybridized carbons (Fsp3) is 0.167. The van der Waals surface area contributed by atoms with Crippen LogP contribution in [0.4, 0.5) is 5.13 Å². The van der Waals surface area contributed by atoms with Crippen molar-refractivity contribution in [2.45, 2.75) is 13.3 Å². The molecule has 0 atom stereocenters. The zero-order valence-corrected chi connectivity index (χ0v) is 10.8. The molecule has 0 fully saturated rings. The lowest BCUT2D eigenvalue weighted by atomic mass is 10.1. The van der Waals surface area contributed by atoms with E-state index >= 15 is 0 Å². The standard InChI is InChI=1S/C12H11ClN2OS/c1-8(16)15-12-14-7-10(17-12)6-9-4-2-3-5-11(9)13/h2-5,7H,6H2,1H3,(H,14,15,16). The molecule has 0 unspecified atom stereocenters. The van der Waals surface area contributed by atoms with Gasteiger partial charge in [-0.3, -0.25) is 4.79 Å². The van der Waals surface area contributed by atoms with E-state index in [0.717, 1.165) is 21.9 Å². The number of hydrogen-bond donors (Lipinski definition) is 1. The number of hydrogen-bond acceptors (Lipinski definition) is 3. The number of thiazole rings is 1. The maximum Gasteiger partial charge on any atom is 0.223 e. The highest BCUT2D eigenvalue weighted by Crippen LogP contribution is 2.24. The summed E-state index contributed by atoms with van der Waals surface area (Å²) in [5.74, 6) is -0.108. The van der Waals surface area contributed by atoms with Crippen molar-refractivity contribution in [3.63, 3.8) is 0 Å². The van der Waals surface area contributed by atoms with Crippen molar-refractivity contribution in [3.05, 3.63) is 45.9 Å². The molecule has 0 aliphatic carbocycles. The van der Waals surface area contributed by atoms with Crippen LogP contribution >= 0.6 is 22.9 Å². The van der Waals surface area contributed by atoms with Gasteiger partial charge in [-0.2, -0.15) is 0 Å². The van der Waals surface area contributed by atoms with Gasteiger partial charge in [0.15, 0.2) is 5.13 Å². The maximum atomic E-state index is 10.9. The second-order valence-corrected chi connectivity index (χ2v) is 5.10. The molecule has 0 spiro atoms. The monoisotopic (exact) mass is 266 g/mol. The van der Waals surface area contributed by atoms with E-state index in [2.05, 4.69) is 10.3 Å². The lowest BCUT2D eigenvalue weighted by molar-refractivity contribution is -0.114. The van der Waals surface area contributed by atoms with Crippen molar-refractivity contribution in [2.75, 3.05) is 5.32 Å². The van der Waals surface area contributed by atoms with Crippen LogP contribution in [0.5, 0.6) is 0 Å². The summed E-state index contributed by atoms with van der Waals surface area (Å²) in [5, 5.41) is 4.04. The van der Waals surface area contributed by atoms with E-state index in [1.165, 1.54) is 18.3 Å². The van der Waals surface area contributed by atoms with Crippen LogP contribution in [0.3, 0.4) is 0 Å². The number of benzene rings is 1. The minimum atomic E-state index is -0.108. The van der Waals surface area contributed by atoms with Crippen molar-refractivity contribution >= 4 is 34.0 Å². The van der Waals surface area contributed by atoms with Crippen molar-refractivity contribution in [2.24, 2.45) is 0 Å². The Morgan fingerprint density at radius 2 is 2.24 bits per heavy atom. The Morgan fingerprint density at radius 1 is 1.47 bits per heavy atom. The van der Waals surface area contributed by atoms with Gasteiger partial charge in [0.1, 0.15) is 0 Å². The molecule has 1 aromatic carbocycles. The molecule has 0 radical (unpaired) electrons. The third kappa shape index (κ3) is 3.28. The molecule has 0 bridgehead atoms. The van der Waals surface area contributed by atoms with E-state index in [-0.39, 0.29) is 5.91 Å². The highest BCUT2D eigenvalue weighted by molar-refractivity contribution is 7.15. The SMILES string of the molecule is CC(=O)Nc1ncc(Cc2ccccc2Cl)s1. The molecule has 0 saturated heterocycles. The van der Waals surface area contributed by atoms with Crippen LogP contribution in [-0.2, 0) is 11.2 Å². The number of carbonyl (C=O) groups excluding carboxylic acids is 1. The number of amides is 1. The van der Waals surface area contributed by atoms with Gasteiger partial charge in [0.05, 0.1) is 0 Å². The molecule has 0 aliphatic rings. The Morgan fingerprint density at radius 3 is 2.94 bits per heavy atom. The Hall–Kier alpha value is -1.39. The van der Waals surface area contributed by atoms with Gasteiger partial charge in [0, 0.05) is 29.4 Å². The van der Waals surface area contributed by atoms with Crippen LogP contribution in [0.15, 0.2) is 30.5 Å². The van der Waals surface area contributed by atoms with E-state index in [1.807, 2.05) is 24.3 Å². The first-order valence-corrected chi connectivity index (χ1v) is 6.30. The minimum Gasteiger partial charge on any atom is -0.302 e. The van der Waals surface area contributed by atoms with Crippen LogP contribution in [0.1, 0.15) is 17.4 Å². The fourth-order valence-corrected chi connectivity index (χ4v) is 2.51. The maximum absolute atomic E-state index is 10.9. The van der Waals surface area contributed by atoms with Crippen LogP contribution < -0.4 is 5.32 Å². The van der Waals surface area contributed by atoms with Crippen LogP contribution in [0, 0.1) is 0 Å². The molecule has 5 heteroatoms. The summed E-state index contributed by atoms with van der Waals surface area (Å²) in [6, 6.07) is 7.71. The first kappa shape index (κ1) is 12.1. The Bertz CT molecular complexity index is 539. The number of aromatic nitrogens is 1. The van der Waals surface area contributed by atoms with Gasteiger partial charge in [-0.1, -0.05) is 29.8 Å². The largest absolute Gasteiger partial charge is 0.302 e. The average molecular weight is 267 g/mol.